The van der Waals surface area contributed by atoms with E-state index in [0.29, 0.717) is 6.42 Å². The number of imidazole rings is 1. The van der Waals surface area contributed by atoms with Crippen LogP contribution < -0.4 is 10.1 Å². The molecule has 5 heteroatoms. The van der Waals surface area contributed by atoms with E-state index in [-0.39, 0.29) is 11.9 Å². The standard InChI is InChI=1S/C21H25N3O2/c1-4-13-24-19-8-6-5-7-18(19)23-21(24)15(2)22-20(25)14-16-9-11-17(26-3)12-10-16/h5-12,15H,4,13-14H2,1-3H3,(H,22,25). The molecule has 0 aliphatic carbocycles. The molecule has 0 saturated carbocycles. The number of aromatic nitrogens is 2. The summed E-state index contributed by atoms with van der Waals surface area (Å²) < 4.78 is 7.35. The highest BCUT2D eigenvalue weighted by molar-refractivity contribution is 5.79. The molecule has 1 atom stereocenters. The number of methoxy groups -OCH3 is 1. The fourth-order valence-corrected chi connectivity index (χ4v) is 3.17. The summed E-state index contributed by atoms with van der Waals surface area (Å²) >= 11 is 0. The molecule has 0 bridgehead atoms. The Bertz CT molecular complexity index is 884. The number of aryl methyl sites for hydroxylation is 1. The number of hydrogen-bond donors (Lipinski definition) is 1. The second-order valence-electron chi connectivity index (χ2n) is 6.42. The summed E-state index contributed by atoms with van der Waals surface area (Å²) in [6, 6.07) is 15.5. The van der Waals surface area contributed by atoms with Crippen molar-refractivity contribution in [3.8, 4) is 5.75 Å². The van der Waals surface area contributed by atoms with Crippen molar-refractivity contribution in [3.63, 3.8) is 0 Å². The topological polar surface area (TPSA) is 56.2 Å². The van der Waals surface area contributed by atoms with Crippen molar-refractivity contribution < 1.29 is 9.53 Å². The van der Waals surface area contributed by atoms with Crippen molar-refractivity contribution >= 4 is 16.9 Å². The third-order valence-corrected chi connectivity index (χ3v) is 4.42. The lowest BCUT2D eigenvalue weighted by atomic mass is 10.1. The lowest BCUT2D eigenvalue weighted by Crippen LogP contribution is -2.30. The van der Waals surface area contributed by atoms with Gasteiger partial charge in [-0.05, 0) is 43.2 Å². The first-order chi connectivity index (χ1) is 12.6. The number of carbonyl (C=O) groups excluding carboxylic acids is 1. The maximum Gasteiger partial charge on any atom is 0.224 e. The van der Waals surface area contributed by atoms with Crippen LogP contribution in [0.1, 0.15) is 37.7 Å². The molecule has 1 aromatic heterocycles. The highest BCUT2D eigenvalue weighted by Crippen LogP contribution is 2.21. The Hall–Kier alpha value is -2.82. The van der Waals surface area contributed by atoms with Crippen molar-refractivity contribution in [1.29, 1.82) is 0 Å². The summed E-state index contributed by atoms with van der Waals surface area (Å²) in [6.45, 7) is 5.01. The smallest absolute Gasteiger partial charge is 0.224 e. The fourth-order valence-electron chi connectivity index (χ4n) is 3.17. The summed E-state index contributed by atoms with van der Waals surface area (Å²) in [5.74, 6) is 1.67. The van der Waals surface area contributed by atoms with Crippen LogP contribution in [-0.2, 0) is 17.8 Å². The number of ether oxygens (including phenoxy) is 1. The zero-order valence-electron chi connectivity index (χ0n) is 15.5. The van der Waals surface area contributed by atoms with Crippen molar-refractivity contribution in [2.45, 2.75) is 39.3 Å². The molecule has 0 fully saturated rings. The Kier molecular flexibility index (Phi) is 5.56. The Morgan fingerprint density at radius 2 is 1.92 bits per heavy atom. The average molecular weight is 351 g/mol. The number of nitrogens with zero attached hydrogens (tertiary/aromatic N) is 2. The second kappa shape index (κ2) is 8.04. The SMILES string of the molecule is CCCn1c(C(C)NC(=O)Cc2ccc(OC)cc2)nc2ccccc21. The van der Waals surface area contributed by atoms with Gasteiger partial charge in [-0.3, -0.25) is 4.79 Å². The first kappa shape index (κ1) is 18.0. The normalized spacial score (nSPS) is 12.1. The van der Waals surface area contributed by atoms with Gasteiger partial charge in [0, 0.05) is 6.54 Å². The maximum absolute atomic E-state index is 12.5. The van der Waals surface area contributed by atoms with E-state index in [0.717, 1.165) is 41.1 Å². The van der Waals surface area contributed by atoms with Gasteiger partial charge in [-0.1, -0.05) is 31.2 Å². The van der Waals surface area contributed by atoms with Crippen LogP contribution in [0.2, 0.25) is 0 Å². The third-order valence-electron chi connectivity index (χ3n) is 4.42. The quantitative estimate of drug-likeness (QED) is 0.703. The van der Waals surface area contributed by atoms with Crippen LogP contribution in [0.4, 0.5) is 0 Å². The van der Waals surface area contributed by atoms with E-state index >= 15 is 0 Å². The van der Waals surface area contributed by atoms with Crippen molar-refractivity contribution in [2.75, 3.05) is 7.11 Å². The summed E-state index contributed by atoms with van der Waals surface area (Å²) in [6.07, 6.45) is 1.35. The molecule has 1 heterocycles. The van der Waals surface area contributed by atoms with Crippen LogP contribution >= 0.6 is 0 Å². The minimum atomic E-state index is -0.153. The monoisotopic (exact) mass is 351 g/mol. The van der Waals surface area contributed by atoms with E-state index in [4.69, 9.17) is 9.72 Å². The first-order valence-electron chi connectivity index (χ1n) is 8.99. The number of para-hydroxylation sites is 2. The fraction of sp³-hybridized carbons (Fsp3) is 0.333. The Morgan fingerprint density at radius 3 is 2.62 bits per heavy atom. The molecule has 0 radical (unpaired) electrons. The van der Waals surface area contributed by atoms with Gasteiger partial charge >= 0.3 is 0 Å². The maximum atomic E-state index is 12.5. The Balaban J connectivity index is 1.74. The predicted octanol–water partition coefficient (Wildman–Crippen LogP) is 3.87. The summed E-state index contributed by atoms with van der Waals surface area (Å²) in [5.41, 5.74) is 3.03. The van der Waals surface area contributed by atoms with Gasteiger partial charge in [0.2, 0.25) is 5.91 Å². The number of carbonyl (C=O) groups is 1. The van der Waals surface area contributed by atoms with E-state index in [1.165, 1.54) is 0 Å². The molecule has 1 amide bonds. The van der Waals surface area contributed by atoms with E-state index < -0.39 is 0 Å². The van der Waals surface area contributed by atoms with Gasteiger partial charge in [-0.2, -0.15) is 0 Å². The molecular weight excluding hydrogens is 326 g/mol. The summed E-state index contributed by atoms with van der Waals surface area (Å²) in [5, 5.41) is 3.08. The average Bonchev–Trinajstić information content (AvgIpc) is 3.01. The van der Waals surface area contributed by atoms with E-state index in [1.807, 2.05) is 49.4 Å². The predicted molar refractivity (Wildman–Crippen MR) is 103 cm³/mol. The number of amides is 1. The number of nitrogens with one attached hydrogen (secondary N) is 1. The van der Waals surface area contributed by atoms with Crippen LogP contribution in [0.15, 0.2) is 48.5 Å². The van der Waals surface area contributed by atoms with Crippen LogP contribution in [0, 0.1) is 0 Å². The van der Waals surface area contributed by atoms with Crippen molar-refractivity contribution in [1.82, 2.24) is 14.9 Å². The molecule has 0 aliphatic rings. The number of rotatable bonds is 7. The van der Waals surface area contributed by atoms with Gasteiger partial charge in [0.1, 0.15) is 11.6 Å². The highest BCUT2D eigenvalue weighted by atomic mass is 16.5. The van der Waals surface area contributed by atoms with Crippen LogP contribution in [-0.4, -0.2) is 22.6 Å². The minimum Gasteiger partial charge on any atom is -0.497 e. The molecule has 0 saturated heterocycles. The highest BCUT2D eigenvalue weighted by Gasteiger charge is 2.18. The second-order valence-corrected chi connectivity index (χ2v) is 6.42. The minimum absolute atomic E-state index is 0.0160. The molecule has 1 unspecified atom stereocenters. The van der Waals surface area contributed by atoms with Gasteiger partial charge in [0.05, 0.1) is 30.6 Å². The van der Waals surface area contributed by atoms with Gasteiger partial charge in [-0.25, -0.2) is 4.98 Å². The van der Waals surface area contributed by atoms with Gasteiger partial charge < -0.3 is 14.6 Å². The molecule has 5 nitrogen and oxygen atoms in total. The van der Waals surface area contributed by atoms with E-state index in [2.05, 4.69) is 22.9 Å². The number of benzene rings is 2. The Labute approximate surface area is 154 Å². The van der Waals surface area contributed by atoms with Crippen LogP contribution in [0.3, 0.4) is 0 Å². The van der Waals surface area contributed by atoms with Gasteiger partial charge in [0.25, 0.3) is 0 Å². The van der Waals surface area contributed by atoms with Gasteiger partial charge in [-0.15, -0.1) is 0 Å². The lowest BCUT2D eigenvalue weighted by Gasteiger charge is -2.16. The number of fused-ring (bicyclic) bond motifs is 1. The largest absolute Gasteiger partial charge is 0.497 e. The van der Waals surface area contributed by atoms with Crippen LogP contribution in [0.5, 0.6) is 5.75 Å². The third kappa shape index (κ3) is 3.87. The van der Waals surface area contributed by atoms with E-state index in [9.17, 15) is 4.79 Å². The van der Waals surface area contributed by atoms with Crippen LogP contribution in [0.25, 0.3) is 11.0 Å². The molecule has 2 aromatic carbocycles. The first-order valence-corrected chi connectivity index (χ1v) is 8.99. The molecule has 26 heavy (non-hydrogen) atoms. The van der Waals surface area contributed by atoms with Crippen molar-refractivity contribution in [3.05, 3.63) is 59.9 Å². The molecule has 0 aliphatic heterocycles. The zero-order chi connectivity index (χ0) is 18.5. The number of hydrogen-bond acceptors (Lipinski definition) is 3. The van der Waals surface area contributed by atoms with E-state index in [1.54, 1.807) is 7.11 Å². The molecule has 1 N–H and O–H groups in total. The summed E-state index contributed by atoms with van der Waals surface area (Å²) in [7, 11) is 1.63. The lowest BCUT2D eigenvalue weighted by molar-refractivity contribution is -0.121. The molecule has 136 valence electrons. The Morgan fingerprint density at radius 1 is 1.19 bits per heavy atom. The molecule has 3 aromatic rings. The van der Waals surface area contributed by atoms with Crippen molar-refractivity contribution in [2.24, 2.45) is 0 Å². The zero-order valence-corrected chi connectivity index (χ0v) is 15.5. The molecular formula is C21H25N3O2. The van der Waals surface area contributed by atoms with Gasteiger partial charge in [0.15, 0.2) is 0 Å². The molecule has 3 rings (SSSR count). The summed E-state index contributed by atoms with van der Waals surface area (Å²) in [4.78, 5) is 17.2. The molecule has 0 spiro atoms.